The predicted molar refractivity (Wildman–Crippen MR) is 77.7 cm³/mol. The van der Waals surface area contributed by atoms with Crippen molar-refractivity contribution < 1.29 is 15.0 Å². The van der Waals surface area contributed by atoms with Crippen LogP contribution < -0.4 is 5.32 Å². The fraction of sp³-hybridized carbons (Fsp3) is 0.500. The Morgan fingerprint density at radius 3 is 2.47 bits per heavy atom. The number of halogens is 1. The number of carboxylic acid groups (broad SMARTS) is 1. The van der Waals surface area contributed by atoms with E-state index in [1.54, 1.807) is 0 Å². The van der Waals surface area contributed by atoms with Gasteiger partial charge in [-0.05, 0) is 31.4 Å². The minimum absolute atomic E-state index is 0. The molecule has 1 aromatic carbocycles. The number of aliphatic carboxylic acids is 1. The van der Waals surface area contributed by atoms with E-state index in [9.17, 15) is 4.79 Å². The third kappa shape index (κ3) is 7.82. The molecule has 0 aliphatic carbocycles. The van der Waals surface area contributed by atoms with Crippen LogP contribution in [0.5, 0.6) is 0 Å². The fourth-order valence-electron chi connectivity index (χ4n) is 1.73. The van der Waals surface area contributed by atoms with Crippen molar-refractivity contribution in [3.8, 4) is 0 Å². The number of benzene rings is 1. The van der Waals surface area contributed by atoms with Crippen LogP contribution in [0.25, 0.3) is 0 Å². The van der Waals surface area contributed by atoms with Crippen molar-refractivity contribution in [1.29, 1.82) is 0 Å². The van der Waals surface area contributed by atoms with Gasteiger partial charge in [0.05, 0.1) is 12.5 Å². The number of aryl methyl sites for hydroxylation is 1. The Kier molecular flexibility index (Phi) is 10.2. The predicted octanol–water partition coefficient (Wildman–Crippen LogP) is 1.71. The zero-order valence-electron chi connectivity index (χ0n) is 10.9. The summed E-state index contributed by atoms with van der Waals surface area (Å²) in [7, 11) is 0. The van der Waals surface area contributed by atoms with Crippen LogP contribution in [0.4, 0.5) is 0 Å². The molecular formula is C14H22ClNO3. The molecule has 3 N–H and O–H groups in total. The lowest BCUT2D eigenvalue weighted by molar-refractivity contribution is -0.142. The van der Waals surface area contributed by atoms with E-state index in [1.165, 1.54) is 5.56 Å². The third-order valence-corrected chi connectivity index (χ3v) is 2.87. The smallest absolute Gasteiger partial charge is 0.310 e. The molecule has 0 heterocycles. The number of aliphatic hydroxyl groups is 1. The summed E-state index contributed by atoms with van der Waals surface area (Å²) < 4.78 is 0. The maximum atomic E-state index is 10.6. The van der Waals surface area contributed by atoms with Crippen molar-refractivity contribution in [1.82, 2.24) is 5.32 Å². The number of carboxylic acids is 1. The number of carbonyl (C=O) groups is 1. The minimum Gasteiger partial charge on any atom is -0.481 e. The average molecular weight is 288 g/mol. The molecule has 1 aromatic rings. The van der Waals surface area contributed by atoms with Gasteiger partial charge in [0, 0.05) is 6.54 Å². The van der Waals surface area contributed by atoms with E-state index >= 15 is 0 Å². The number of aliphatic hydroxyl groups excluding tert-OH is 1. The van der Waals surface area contributed by atoms with Crippen molar-refractivity contribution in [3.63, 3.8) is 0 Å². The Morgan fingerprint density at radius 1 is 1.21 bits per heavy atom. The lowest BCUT2D eigenvalue weighted by Gasteiger charge is -2.10. The van der Waals surface area contributed by atoms with Crippen LogP contribution in [0, 0.1) is 5.92 Å². The molecule has 0 saturated heterocycles. The molecule has 1 unspecified atom stereocenters. The van der Waals surface area contributed by atoms with Crippen LogP contribution in [-0.2, 0) is 11.2 Å². The summed E-state index contributed by atoms with van der Waals surface area (Å²) in [6.45, 7) is 0.806. The second kappa shape index (κ2) is 10.8. The van der Waals surface area contributed by atoms with E-state index in [0.29, 0.717) is 6.54 Å². The van der Waals surface area contributed by atoms with Gasteiger partial charge < -0.3 is 15.5 Å². The quantitative estimate of drug-likeness (QED) is 0.605. The highest BCUT2D eigenvalue weighted by molar-refractivity contribution is 5.85. The van der Waals surface area contributed by atoms with Gasteiger partial charge in [-0.15, -0.1) is 12.4 Å². The van der Waals surface area contributed by atoms with Gasteiger partial charge in [-0.2, -0.15) is 0 Å². The Hall–Kier alpha value is -1.10. The van der Waals surface area contributed by atoms with Gasteiger partial charge in [0.15, 0.2) is 0 Å². The summed E-state index contributed by atoms with van der Waals surface area (Å²) in [6, 6.07) is 10.3. The van der Waals surface area contributed by atoms with Crippen molar-refractivity contribution in [2.45, 2.75) is 19.3 Å². The molecule has 1 rings (SSSR count). The van der Waals surface area contributed by atoms with E-state index in [2.05, 4.69) is 17.4 Å². The van der Waals surface area contributed by atoms with Gasteiger partial charge in [-0.3, -0.25) is 4.79 Å². The number of nitrogens with one attached hydrogen (secondary N) is 1. The van der Waals surface area contributed by atoms with E-state index in [-0.39, 0.29) is 19.0 Å². The molecule has 0 aliphatic heterocycles. The summed E-state index contributed by atoms with van der Waals surface area (Å²) in [4.78, 5) is 10.6. The zero-order valence-corrected chi connectivity index (χ0v) is 11.7. The van der Waals surface area contributed by atoms with Gasteiger partial charge in [0.25, 0.3) is 0 Å². The standard InChI is InChI=1S/C14H21NO3.ClH/c16-11-13(14(17)18)10-15-9-5-4-8-12-6-2-1-3-7-12;/h1-3,6-7,13,15-16H,4-5,8-11H2,(H,17,18);1H. The first-order chi connectivity index (χ1) is 8.74. The first kappa shape index (κ1) is 17.9. The highest BCUT2D eigenvalue weighted by atomic mass is 35.5. The molecule has 0 spiro atoms. The lowest BCUT2D eigenvalue weighted by Crippen LogP contribution is -2.31. The van der Waals surface area contributed by atoms with Gasteiger partial charge in [0.2, 0.25) is 0 Å². The Balaban J connectivity index is 0.00000324. The summed E-state index contributed by atoms with van der Waals surface area (Å²) in [5, 5.41) is 20.6. The van der Waals surface area contributed by atoms with Gasteiger partial charge in [-0.25, -0.2) is 0 Å². The van der Waals surface area contributed by atoms with Crippen molar-refractivity contribution >= 4 is 18.4 Å². The van der Waals surface area contributed by atoms with Crippen LogP contribution in [0.15, 0.2) is 30.3 Å². The van der Waals surface area contributed by atoms with Crippen LogP contribution >= 0.6 is 12.4 Å². The molecular weight excluding hydrogens is 266 g/mol. The maximum absolute atomic E-state index is 10.6. The number of hydrogen-bond acceptors (Lipinski definition) is 3. The average Bonchev–Trinajstić information content (AvgIpc) is 2.38. The SMILES string of the molecule is Cl.O=C(O)C(CO)CNCCCCc1ccccc1. The Bertz CT molecular complexity index is 346. The summed E-state index contributed by atoms with van der Waals surface area (Å²) >= 11 is 0. The highest BCUT2D eigenvalue weighted by Gasteiger charge is 2.14. The second-order valence-corrected chi connectivity index (χ2v) is 4.36. The van der Waals surface area contributed by atoms with Crippen molar-refractivity contribution in [2.24, 2.45) is 5.92 Å². The van der Waals surface area contributed by atoms with Crippen LogP contribution in [-0.4, -0.2) is 35.9 Å². The Labute approximate surface area is 120 Å². The van der Waals surface area contributed by atoms with E-state index < -0.39 is 11.9 Å². The van der Waals surface area contributed by atoms with Gasteiger partial charge in [0.1, 0.15) is 0 Å². The Morgan fingerprint density at radius 2 is 1.89 bits per heavy atom. The van der Waals surface area contributed by atoms with Crippen LogP contribution in [0.1, 0.15) is 18.4 Å². The summed E-state index contributed by atoms with van der Waals surface area (Å²) in [6.07, 6.45) is 3.13. The van der Waals surface area contributed by atoms with Crippen molar-refractivity contribution in [3.05, 3.63) is 35.9 Å². The van der Waals surface area contributed by atoms with E-state index in [1.807, 2.05) is 18.2 Å². The third-order valence-electron chi connectivity index (χ3n) is 2.87. The monoisotopic (exact) mass is 287 g/mol. The molecule has 5 heteroatoms. The molecule has 4 nitrogen and oxygen atoms in total. The molecule has 0 radical (unpaired) electrons. The van der Waals surface area contributed by atoms with E-state index in [0.717, 1.165) is 25.8 Å². The van der Waals surface area contributed by atoms with Gasteiger partial charge >= 0.3 is 5.97 Å². The minimum atomic E-state index is -0.950. The molecule has 0 aliphatic rings. The molecule has 1 atom stereocenters. The molecule has 0 bridgehead atoms. The molecule has 0 fully saturated rings. The maximum Gasteiger partial charge on any atom is 0.310 e. The van der Waals surface area contributed by atoms with Crippen molar-refractivity contribution in [2.75, 3.05) is 19.7 Å². The first-order valence-corrected chi connectivity index (χ1v) is 6.32. The van der Waals surface area contributed by atoms with E-state index in [4.69, 9.17) is 10.2 Å². The first-order valence-electron chi connectivity index (χ1n) is 6.32. The second-order valence-electron chi connectivity index (χ2n) is 4.36. The normalized spacial score (nSPS) is 11.6. The summed E-state index contributed by atoms with van der Waals surface area (Å²) in [5.41, 5.74) is 1.33. The number of unbranched alkanes of at least 4 members (excludes halogenated alkanes) is 1. The highest BCUT2D eigenvalue weighted by Crippen LogP contribution is 2.03. The topological polar surface area (TPSA) is 69.6 Å². The molecule has 19 heavy (non-hydrogen) atoms. The number of hydrogen-bond donors (Lipinski definition) is 3. The number of rotatable bonds is 9. The lowest BCUT2D eigenvalue weighted by atomic mass is 10.1. The molecule has 0 saturated carbocycles. The fourth-order valence-corrected chi connectivity index (χ4v) is 1.73. The van der Waals surface area contributed by atoms with Crippen LogP contribution in [0.2, 0.25) is 0 Å². The molecule has 108 valence electrons. The molecule has 0 amide bonds. The molecule has 0 aromatic heterocycles. The van der Waals surface area contributed by atoms with Crippen LogP contribution in [0.3, 0.4) is 0 Å². The summed E-state index contributed by atoms with van der Waals surface area (Å²) in [5.74, 6) is -1.64. The zero-order chi connectivity index (χ0) is 13.2. The largest absolute Gasteiger partial charge is 0.481 e. The van der Waals surface area contributed by atoms with Gasteiger partial charge in [-0.1, -0.05) is 30.3 Å².